The van der Waals surface area contributed by atoms with E-state index in [-0.39, 0.29) is 18.2 Å². The molecule has 29 heavy (non-hydrogen) atoms. The molecule has 1 saturated heterocycles. The Labute approximate surface area is 173 Å². The van der Waals surface area contributed by atoms with E-state index >= 15 is 0 Å². The Morgan fingerprint density at radius 1 is 1.24 bits per heavy atom. The molecule has 158 valence electrons. The smallest absolute Gasteiger partial charge is 0.410 e. The molecule has 0 aromatic heterocycles. The summed E-state index contributed by atoms with van der Waals surface area (Å²) in [4.78, 5) is 14.2. The van der Waals surface area contributed by atoms with E-state index in [9.17, 15) is 9.90 Å². The van der Waals surface area contributed by atoms with E-state index in [1.165, 1.54) is 12.8 Å². The summed E-state index contributed by atoms with van der Waals surface area (Å²) in [5.41, 5.74) is 14.8. The number of nitrogens with two attached hydrogens (primary N) is 2. The van der Waals surface area contributed by atoms with Gasteiger partial charge >= 0.3 is 6.09 Å². The molecule has 1 aliphatic heterocycles. The first-order valence-corrected chi connectivity index (χ1v) is 10.4. The molecule has 6 heteroatoms. The molecule has 0 radical (unpaired) electrons. The third kappa shape index (κ3) is 5.76. The van der Waals surface area contributed by atoms with Crippen molar-refractivity contribution in [3.63, 3.8) is 0 Å². The topological polar surface area (TPSA) is 102 Å². The fourth-order valence-electron chi connectivity index (χ4n) is 3.67. The number of carbonyl (C=O) groups excluding carboxylic acids is 1. The Kier molecular flexibility index (Phi) is 6.22. The van der Waals surface area contributed by atoms with Crippen molar-refractivity contribution in [2.75, 3.05) is 6.54 Å². The summed E-state index contributed by atoms with van der Waals surface area (Å²) in [5, 5.41) is 9.95. The number of hydrogen-bond acceptors (Lipinski definition) is 5. The second kappa shape index (κ2) is 8.49. The van der Waals surface area contributed by atoms with Gasteiger partial charge in [0.05, 0.1) is 11.6 Å². The van der Waals surface area contributed by atoms with Crippen molar-refractivity contribution in [1.29, 1.82) is 0 Å². The fraction of sp³-hybridized carbons (Fsp3) is 0.522. The quantitative estimate of drug-likeness (QED) is 0.607. The predicted molar refractivity (Wildman–Crippen MR) is 115 cm³/mol. The maximum Gasteiger partial charge on any atom is 0.410 e. The van der Waals surface area contributed by atoms with Gasteiger partial charge in [0.2, 0.25) is 0 Å². The molecular formula is C23H33N3O3. The predicted octanol–water partition coefficient (Wildman–Crippen LogP) is 3.67. The third-order valence-electron chi connectivity index (χ3n) is 5.62. The molecule has 1 saturated carbocycles. The average molecular weight is 400 g/mol. The Morgan fingerprint density at radius 3 is 2.45 bits per heavy atom. The summed E-state index contributed by atoms with van der Waals surface area (Å²) in [6, 6.07) is 7.81. The van der Waals surface area contributed by atoms with Crippen LogP contribution in [0.3, 0.4) is 0 Å². The first-order chi connectivity index (χ1) is 13.6. The van der Waals surface area contributed by atoms with Gasteiger partial charge in [-0.2, -0.15) is 0 Å². The zero-order chi connectivity index (χ0) is 21.2. The normalized spacial score (nSPS) is 22.4. The summed E-state index contributed by atoms with van der Waals surface area (Å²) in [6.07, 6.45) is 6.68. The highest BCUT2D eigenvalue weighted by Crippen LogP contribution is 2.34. The fourth-order valence-corrected chi connectivity index (χ4v) is 3.67. The van der Waals surface area contributed by atoms with Gasteiger partial charge in [-0.25, -0.2) is 4.79 Å². The minimum atomic E-state index is -0.847. The minimum Gasteiger partial charge on any atom is -0.446 e. The highest BCUT2D eigenvalue weighted by atomic mass is 16.6. The van der Waals surface area contributed by atoms with Gasteiger partial charge in [0.1, 0.15) is 6.10 Å². The van der Waals surface area contributed by atoms with E-state index < -0.39 is 5.60 Å². The van der Waals surface area contributed by atoms with E-state index in [1.54, 1.807) is 18.7 Å². The Morgan fingerprint density at radius 2 is 1.90 bits per heavy atom. The number of hydrogen-bond donors (Lipinski definition) is 3. The highest BCUT2D eigenvalue weighted by Gasteiger charge is 2.33. The van der Waals surface area contributed by atoms with Crippen LogP contribution in [0.1, 0.15) is 63.6 Å². The summed E-state index contributed by atoms with van der Waals surface area (Å²) >= 11 is 0. The van der Waals surface area contributed by atoms with Crippen LogP contribution in [0, 0.1) is 5.92 Å². The lowest BCUT2D eigenvalue weighted by atomic mass is 9.97. The van der Waals surface area contributed by atoms with E-state index in [0.29, 0.717) is 31.0 Å². The third-order valence-corrected chi connectivity index (χ3v) is 5.62. The van der Waals surface area contributed by atoms with Gasteiger partial charge in [-0.1, -0.05) is 24.3 Å². The standard InChI is InChI=1S/C23H33N3O3/c1-15(26-13-12-19(29-22(26)27)14-23(2,3)28)16-4-6-17(7-5-16)20(24)10-11-21(25)18-8-9-18/h4-7,10-11,15,18-19,28H,8-9,12-14,24-25H2,1-3H3/b20-10-,21-11-. The zero-order valence-corrected chi connectivity index (χ0v) is 17.6. The number of nitrogens with zero attached hydrogens (tertiary/aromatic N) is 1. The van der Waals surface area contributed by atoms with Crippen molar-refractivity contribution in [3.05, 3.63) is 53.2 Å². The maximum atomic E-state index is 12.5. The van der Waals surface area contributed by atoms with Crippen LogP contribution < -0.4 is 11.5 Å². The Balaban J connectivity index is 1.61. The molecule has 2 fully saturated rings. The molecule has 5 N–H and O–H groups in total. The summed E-state index contributed by atoms with van der Waals surface area (Å²) in [7, 11) is 0. The monoisotopic (exact) mass is 399 g/mol. The number of ether oxygens (including phenoxy) is 1. The van der Waals surface area contributed by atoms with Crippen LogP contribution in [0.2, 0.25) is 0 Å². The van der Waals surface area contributed by atoms with Gasteiger partial charge < -0.3 is 26.2 Å². The van der Waals surface area contributed by atoms with Crippen molar-refractivity contribution in [1.82, 2.24) is 4.90 Å². The molecule has 2 aliphatic rings. The first kappa shape index (κ1) is 21.2. The molecule has 0 bridgehead atoms. The van der Waals surface area contributed by atoms with Crippen LogP contribution in [0.25, 0.3) is 5.70 Å². The molecule has 3 rings (SSSR count). The minimum absolute atomic E-state index is 0.102. The largest absolute Gasteiger partial charge is 0.446 e. The van der Waals surface area contributed by atoms with E-state index in [1.807, 2.05) is 43.3 Å². The first-order valence-electron chi connectivity index (χ1n) is 10.4. The number of carbonyl (C=O) groups is 1. The number of rotatable bonds is 7. The summed E-state index contributed by atoms with van der Waals surface area (Å²) in [6.45, 7) is 6.06. The highest BCUT2D eigenvalue weighted by molar-refractivity contribution is 5.69. The number of aliphatic hydroxyl groups is 1. The number of amides is 1. The van der Waals surface area contributed by atoms with E-state index in [0.717, 1.165) is 16.8 Å². The van der Waals surface area contributed by atoms with Crippen molar-refractivity contribution >= 4 is 11.8 Å². The van der Waals surface area contributed by atoms with Crippen LogP contribution in [-0.4, -0.2) is 34.3 Å². The van der Waals surface area contributed by atoms with Crippen LogP contribution in [0.5, 0.6) is 0 Å². The van der Waals surface area contributed by atoms with Gasteiger partial charge in [-0.15, -0.1) is 0 Å². The molecule has 1 amide bonds. The van der Waals surface area contributed by atoms with Crippen molar-refractivity contribution in [2.45, 2.75) is 64.2 Å². The molecular weight excluding hydrogens is 366 g/mol. The SMILES string of the molecule is CC(c1ccc(/C(N)=C/C=C(\N)C2CC2)cc1)N1CCC(CC(C)(C)O)OC1=O. The second-order valence-corrected chi connectivity index (χ2v) is 8.87. The summed E-state index contributed by atoms with van der Waals surface area (Å²) < 4.78 is 5.54. The Hall–Kier alpha value is -2.47. The van der Waals surface area contributed by atoms with Gasteiger partial charge in [-0.05, 0) is 62.8 Å². The van der Waals surface area contributed by atoms with Crippen molar-refractivity contribution < 1.29 is 14.6 Å². The van der Waals surface area contributed by atoms with Crippen molar-refractivity contribution in [3.8, 4) is 0 Å². The number of benzene rings is 1. The summed E-state index contributed by atoms with van der Waals surface area (Å²) in [5.74, 6) is 0.523. The Bertz CT molecular complexity index is 789. The molecule has 1 heterocycles. The van der Waals surface area contributed by atoms with Crippen LogP contribution in [-0.2, 0) is 4.74 Å². The van der Waals surface area contributed by atoms with Gasteiger partial charge in [0.25, 0.3) is 0 Å². The molecule has 2 atom stereocenters. The lowest BCUT2D eigenvalue weighted by Gasteiger charge is -2.37. The molecule has 6 nitrogen and oxygen atoms in total. The molecule has 1 aromatic carbocycles. The number of allylic oxidation sites excluding steroid dienone is 3. The average Bonchev–Trinajstić information content (AvgIpc) is 3.49. The molecule has 2 unspecified atom stereocenters. The molecule has 1 aliphatic carbocycles. The number of cyclic esters (lactones) is 1. The van der Waals surface area contributed by atoms with E-state index in [4.69, 9.17) is 16.2 Å². The molecule has 0 spiro atoms. The van der Waals surface area contributed by atoms with Gasteiger partial charge in [0, 0.05) is 30.8 Å². The van der Waals surface area contributed by atoms with E-state index in [2.05, 4.69) is 0 Å². The molecule has 1 aromatic rings. The van der Waals surface area contributed by atoms with Gasteiger partial charge in [-0.3, -0.25) is 0 Å². The van der Waals surface area contributed by atoms with Gasteiger partial charge in [0.15, 0.2) is 0 Å². The lowest BCUT2D eigenvalue weighted by molar-refractivity contribution is -0.0309. The second-order valence-electron chi connectivity index (χ2n) is 8.87. The van der Waals surface area contributed by atoms with Crippen LogP contribution in [0.4, 0.5) is 4.79 Å². The van der Waals surface area contributed by atoms with Crippen LogP contribution >= 0.6 is 0 Å². The zero-order valence-electron chi connectivity index (χ0n) is 17.6. The maximum absolute atomic E-state index is 12.5. The van der Waals surface area contributed by atoms with Crippen molar-refractivity contribution in [2.24, 2.45) is 17.4 Å². The lowest BCUT2D eigenvalue weighted by Crippen LogP contribution is -2.45. The van der Waals surface area contributed by atoms with Crippen LogP contribution in [0.15, 0.2) is 42.1 Å².